The maximum absolute atomic E-state index is 12.0. The van der Waals surface area contributed by atoms with Gasteiger partial charge in [0.15, 0.2) is 0 Å². The van der Waals surface area contributed by atoms with Crippen LogP contribution < -0.4 is 0 Å². The normalized spacial score (nSPS) is 16.4. The second kappa shape index (κ2) is 6.38. The van der Waals surface area contributed by atoms with E-state index in [0.29, 0.717) is 44.9 Å². The first kappa shape index (κ1) is 13.6. The Morgan fingerprint density at radius 3 is 2.63 bits per heavy atom. The van der Waals surface area contributed by atoms with Gasteiger partial charge in [-0.15, -0.1) is 0 Å². The summed E-state index contributed by atoms with van der Waals surface area (Å²) in [6.45, 7) is 5.08. The molecule has 0 aliphatic carbocycles. The van der Waals surface area contributed by atoms with Crippen molar-refractivity contribution in [1.82, 2.24) is 9.80 Å². The van der Waals surface area contributed by atoms with Crippen LogP contribution in [0.3, 0.4) is 0 Å². The Morgan fingerprint density at radius 2 is 2.05 bits per heavy atom. The van der Waals surface area contributed by atoms with Crippen LogP contribution in [0, 0.1) is 0 Å². The molecular weight excluding hydrogens is 248 g/mol. The van der Waals surface area contributed by atoms with Crippen molar-refractivity contribution in [2.45, 2.75) is 6.92 Å². The van der Waals surface area contributed by atoms with Gasteiger partial charge in [-0.1, -0.05) is 0 Å². The molecule has 6 nitrogen and oxygen atoms in total. The van der Waals surface area contributed by atoms with Crippen LogP contribution in [0.1, 0.15) is 17.3 Å². The maximum Gasteiger partial charge on any atom is 0.320 e. The smallest absolute Gasteiger partial charge is 0.320 e. The fourth-order valence-electron chi connectivity index (χ4n) is 2.07. The summed E-state index contributed by atoms with van der Waals surface area (Å²) in [6, 6.07) is 1.66. The van der Waals surface area contributed by atoms with Crippen LogP contribution in [0.5, 0.6) is 0 Å². The lowest BCUT2D eigenvalue weighted by Crippen LogP contribution is -2.50. The van der Waals surface area contributed by atoms with Gasteiger partial charge in [-0.2, -0.15) is 0 Å². The Bertz CT molecular complexity index is 422. The average Bonchev–Trinajstić information content (AvgIpc) is 2.93. The van der Waals surface area contributed by atoms with Crippen molar-refractivity contribution in [2.24, 2.45) is 0 Å². The van der Waals surface area contributed by atoms with E-state index in [1.165, 1.54) is 12.5 Å². The Morgan fingerprint density at radius 1 is 1.32 bits per heavy atom. The minimum absolute atomic E-state index is 0.0236. The van der Waals surface area contributed by atoms with Crippen molar-refractivity contribution in [3.05, 3.63) is 24.2 Å². The quantitative estimate of drug-likeness (QED) is 0.747. The topological polar surface area (TPSA) is 63.0 Å². The van der Waals surface area contributed by atoms with Crippen LogP contribution >= 0.6 is 0 Å². The number of amides is 1. The standard InChI is InChI=1S/C13H18N2O4/c1-2-19-12(16)9-14-4-6-15(7-5-14)13(17)11-3-8-18-10-11/h3,8,10H,2,4-7,9H2,1H3. The van der Waals surface area contributed by atoms with Gasteiger partial charge in [-0.05, 0) is 13.0 Å². The molecule has 19 heavy (non-hydrogen) atoms. The number of esters is 1. The van der Waals surface area contributed by atoms with Gasteiger partial charge in [0.1, 0.15) is 6.26 Å². The first-order valence-electron chi connectivity index (χ1n) is 6.40. The molecule has 0 radical (unpaired) electrons. The van der Waals surface area contributed by atoms with E-state index in [-0.39, 0.29) is 11.9 Å². The Labute approximate surface area is 111 Å². The number of ether oxygens (including phenoxy) is 1. The van der Waals surface area contributed by atoms with E-state index in [2.05, 4.69) is 0 Å². The minimum Gasteiger partial charge on any atom is -0.472 e. The van der Waals surface area contributed by atoms with Crippen molar-refractivity contribution in [3.8, 4) is 0 Å². The Hall–Kier alpha value is -1.82. The molecule has 0 saturated carbocycles. The molecule has 1 aromatic rings. The number of carbonyl (C=O) groups is 2. The molecule has 0 unspecified atom stereocenters. The molecule has 104 valence electrons. The van der Waals surface area contributed by atoms with Crippen LogP contribution in [-0.2, 0) is 9.53 Å². The monoisotopic (exact) mass is 266 g/mol. The molecule has 0 aromatic carbocycles. The van der Waals surface area contributed by atoms with Gasteiger partial charge in [0, 0.05) is 26.2 Å². The number of furan rings is 1. The van der Waals surface area contributed by atoms with E-state index < -0.39 is 0 Å². The fourth-order valence-corrected chi connectivity index (χ4v) is 2.07. The molecular formula is C13H18N2O4. The molecule has 2 heterocycles. The molecule has 1 aromatic heterocycles. The van der Waals surface area contributed by atoms with E-state index in [0.717, 1.165) is 0 Å². The largest absolute Gasteiger partial charge is 0.472 e. The lowest BCUT2D eigenvalue weighted by Gasteiger charge is -2.33. The molecule has 0 bridgehead atoms. The summed E-state index contributed by atoms with van der Waals surface area (Å²) in [7, 11) is 0. The van der Waals surface area contributed by atoms with Crippen molar-refractivity contribution < 1.29 is 18.7 Å². The zero-order valence-electron chi connectivity index (χ0n) is 11.0. The lowest BCUT2D eigenvalue weighted by atomic mass is 10.2. The predicted molar refractivity (Wildman–Crippen MR) is 67.7 cm³/mol. The fraction of sp³-hybridized carbons (Fsp3) is 0.538. The van der Waals surface area contributed by atoms with Crippen molar-refractivity contribution in [2.75, 3.05) is 39.3 Å². The van der Waals surface area contributed by atoms with Crippen LogP contribution in [0.25, 0.3) is 0 Å². The summed E-state index contributed by atoms with van der Waals surface area (Å²) in [5.41, 5.74) is 0.568. The SMILES string of the molecule is CCOC(=O)CN1CCN(C(=O)c2ccoc2)CC1. The molecule has 1 saturated heterocycles. The summed E-state index contributed by atoms with van der Waals surface area (Å²) < 4.78 is 9.81. The van der Waals surface area contributed by atoms with Gasteiger partial charge < -0.3 is 14.1 Å². The maximum atomic E-state index is 12.0. The first-order valence-corrected chi connectivity index (χ1v) is 6.40. The summed E-state index contributed by atoms with van der Waals surface area (Å²) in [6.07, 6.45) is 2.94. The summed E-state index contributed by atoms with van der Waals surface area (Å²) >= 11 is 0. The molecule has 2 rings (SSSR count). The molecule has 0 atom stereocenters. The number of piperazine rings is 1. The third kappa shape index (κ3) is 3.57. The number of carbonyl (C=O) groups excluding carboxylic acids is 2. The minimum atomic E-state index is -0.211. The number of nitrogens with zero attached hydrogens (tertiary/aromatic N) is 2. The summed E-state index contributed by atoms with van der Waals surface area (Å²) in [5, 5.41) is 0. The van der Waals surface area contributed by atoms with Crippen LogP contribution in [0.4, 0.5) is 0 Å². The van der Waals surface area contributed by atoms with E-state index in [9.17, 15) is 9.59 Å². The molecule has 1 aliphatic heterocycles. The van der Waals surface area contributed by atoms with E-state index in [4.69, 9.17) is 9.15 Å². The highest BCUT2D eigenvalue weighted by Gasteiger charge is 2.23. The number of hydrogen-bond acceptors (Lipinski definition) is 5. The van der Waals surface area contributed by atoms with Crippen molar-refractivity contribution in [3.63, 3.8) is 0 Å². The zero-order chi connectivity index (χ0) is 13.7. The predicted octanol–water partition coefficient (Wildman–Crippen LogP) is 0.600. The lowest BCUT2D eigenvalue weighted by molar-refractivity contribution is -0.144. The van der Waals surface area contributed by atoms with Gasteiger partial charge >= 0.3 is 5.97 Å². The number of hydrogen-bond donors (Lipinski definition) is 0. The zero-order valence-corrected chi connectivity index (χ0v) is 11.0. The van der Waals surface area contributed by atoms with E-state index in [1.807, 2.05) is 4.90 Å². The van der Waals surface area contributed by atoms with Gasteiger partial charge in [0.05, 0.1) is 25.0 Å². The van der Waals surface area contributed by atoms with Crippen molar-refractivity contribution >= 4 is 11.9 Å². The van der Waals surface area contributed by atoms with Gasteiger partial charge in [0.2, 0.25) is 0 Å². The van der Waals surface area contributed by atoms with Gasteiger partial charge in [-0.25, -0.2) is 0 Å². The van der Waals surface area contributed by atoms with E-state index >= 15 is 0 Å². The highest BCUT2D eigenvalue weighted by Crippen LogP contribution is 2.09. The Balaban J connectivity index is 1.79. The van der Waals surface area contributed by atoms with Crippen molar-refractivity contribution in [1.29, 1.82) is 0 Å². The number of rotatable bonds is 4. The van der Waals surface area contributed by atoms with E-state index in [1.54, 1.807) is 17.9 Å². The summed E-state index contributed by atoms with van der Waals surface area (Å²) in [4.78, 5) is 27.2. The third-order valence-electron chi connectivity index (χ3n) is 3.09. The van der Waals surface area contributed by atoms with Gasteiger partial charge in [0.25, 0.3) is 5.91 Å². The molecule has 0 spiro atoms. The first-order chi connectivity index (χ1) is 9.20. The van der Waals surface area contributed by atoms with Crippen LogP contribution in [-0.4, -0.2) is 61.0 Å². The summed E-state index contributed by atoms with van der Waals surface area (Å²) in [5.74, 6) is -0.235. The second-order valence-corrected chi connectivity index (χ2v) is 4.39. The third-order valence-corrected chi connectivity index (χ3v) is 3.09. The van der Waals surface area contributed by atoms with Gasteiger partial charge in [-0.3, -0.25) is 14.5 Å². The molecule has 6 heteroatoms. The Kier molecular flexibility index (Phi) is 4.57. The molecule has 0 N–H and O–H groups in total. The highest BCUT2D eigenvalue weighted by atomic mass is 16.5. The molecule has 1 amide bonds. The average molecular weight is 266 g/mol. The molecule has 1 aliphatic rings. The second-order valence-electron chi connectivity index (χ2n) is 4.39. The molecule has 1 fully saturated rings. The van der Waals surface area contributed by atoms with Crippen LogP contribution in [0.15, 0.2) is 23.0 Å². The van der Waals surface area contributed by atoms with Crippen LogP contribution in [0.2, 0.25) is 0 Å². The highest BCUT2D eigenvalue weighted by molar-refractivity contribution is 5.93.